The van der Waals surface area contributed by atoms with Gasteiger partial charge in [-0.05, 0) is 48.5 Å². The number of para-hydroxylation sites is 2. The standard InChI is InChI=1S/C38H23N5O/c1-3-11-24(12-4-1)36-40-37(42-38(41-36)31-16-9-10-22-39-31)25-18-19-28-30-21-20-29-27-15-7-8-17-32(27)43(26-13-5-2-6-14-26)34(29)35(30)44-33(28)23-25/h1-23H. The number of pyridine rings is 1. The van der Waals surface area contributed by atoms with Crippen molar-refractivity contribution in [2.45, 2.75) is 0 Å². The summed E-state index contributed by atoms with van der Waals surface area (Å²) in [5.74, 6) is 1.67. The molecule has 0 unspecified atom stereocenters. The minimum Gasteiger partial charge on any atom is -0.454 e. The van der Waals surface area contributed by atoms with Crippen LogP contribution in [0.2, 0.25) is 0 Å². The molecule has 0 saturated carbocycles. The number of nitrogens with zero attached hydrogens (tertiary/aromatic N) is 5. The molecule has 4 aromatic heterocycles. The molecule has 9 rings (SSSR count). The molecule has 0 N–H and O–H groups in total. The Balaban J connectivity index is 1.28. The summed E-state index contributed by atoms with van der Waals surface area (Å²) in [5.41, 5.74) is 7.35. The second kappa shape index (κ2) is 9.71. The Bertz CT molecular complexity index is 2430. The van der Waals surface area contributed by atoms with E-state index in [-0.39, 0.29) is 0 Å². The first kappa shape index (κ1) is 24.5. The smallest absolute Gasteiger partial charge is 0.182 e. The topological polar surface area (TPSA) is 69.6 Å². The van der Waals surface area contributed by atoms with Gasteiger partial charge in [-0.3, -0.25) is 4.98 Å². The molecule has 0 aliphatic heterocycles. The van der Waals surface area contributed by atoms with Gasteiger partial charge in [0, 0.05) is 44.6 Å². The zero-order valence-corrected chi connectivity index (χ0v) is 23.4. The van der Waals surface area contributed by atoms with Crippen molar-refractivity contribution in [2.24, 2.45) is 0 Å². The Kier molecular flexibility index (Phi) is 5.40. The van der Waals surface area contributed by atoms with Crippen LogP contribution in [0.15, 0.2) is 144 Å². The van der Waals surface area contributed by atoms with Crippen molar-refractivity contribution in [3.63, 3.8) is 0 Å². The molecular formula is C38H23N5O. The van der Waals surface area contributed by atoms with Gasteiger partial charge in [0.25, 0.3) is 0 Å². The van der Waals surface area contributed by atoms with Gasteiger partial charge >= 0.3 is 0 Å². The molecule has 0 saturated heterocycles. The number of aromatic nitrogens is 5. The number of fused-ring (bicyclic) bond motifs is 7. The summed E-state index contributed by atoms with van der Waals surface area (Å²) in [5, 5.41) is 4.45. The van der Waals surface area contributed by atoms with Crippen LogP contribution in [-0.2, 0) is 0 Å². The fourth-order valence-electron chi connectivity index (χ4n) is 6.10. The third-order valence-electron chi connectivity index (χ3n) is 8.11. The van der Waals surface area contributed by atoms with Crippen LogP contribution in [0.4, 0.5) is 0 Å². The van der Waals surface area contributed by atoms with E-state index in [1.54, 1.807) is 6.20 Å². The van der Waals surface area contributed by atoms with E-state index in [1.807, 2.05) is 60.7 Å². The quantitative estimate of drug-likeness (QED) is 0.213. The average molecular weight is 566 g/mol. The van der Waals surface area contributed by atoms with Crippen LogP contribution in [0.1, 0.15) is 0 Å². The summed E-state index contributed by atoms with van der Waals surface area (Å²) >= 11 is 0. The first-order valence-electron chi connectivity index (χ1n) is 14.5. The van der Waals surface area contributed by atoms with Gasteiger partial charge < -0.3 is 8.98 Å². The van der Waals surface area contributed by atoms with E-state index in [0.29, 0.717) is 23.2 Å². The number of rotatable bonds is 4. The molecule has 9 aromatic rings. The highest BCUT2D eigenvalue weighted by atomic mass is 16.3. The van der Waals surface area contributed by atoms with E-state index < -0.39 is 0 Å². The second-order valence-corrected chi connectivity index (χ2v) is 10.7. The Hall–Kier alpha value is -6.14. The van der Waals surface area contributed by atoms with Crippen LogP contribution < -0.4 is 0 Å². The molecule has 0 spiro atoms. The van der Waals surface area contributed by atoms with E-state index >= 15 is 0 Å². The summed E-state index contributed by atoms with van der Waals surface area (Å²) in [6, 6.07) is 45.2. The molecule has 0 fully saturated rings. The fourth-order valence-corrected chi connectivity index (χ4v) is 6.10. The van der Waals surface area contributed by atoms with Crippen molar-refractivity contribution >= 4 is 43.7 Å². The van der Waals surface area contributed by atoms with Crippen LogP contribution in [0.25, 0.3) is 83.7 Å². The SMILES string of the molecule is c1ccc(-c2nc(-c3ccc4c(c3)oc3c4ccc4c5ccccc5n(-c5ccccc5)c43)nc(-c3ccccn3)n2)cc1. The van der Waals surface area contributed by atoms with Crippen molar-refractivity contribution in [1.82, 2.24) is 24.5 Å². The minimum absolute atomic E-state index is 0.522. The maximum Gasteiger partial charge on any atom is 0.182 e. The first-order chi connectivity index (χ1) is 21.8. The van der Waals surface area contributed by atoms with Crippen LogP contribution in [0.3, 0.4) is 0 Å². The second-order valence-electron chi connectivity index (χ2n) is 10.7. The largest absolute Gasteiger partial charge is 0.454 e. The Morgan fingerprint density at radius 2 is 1.18 bits per heavy atom. The van der Waals surface area contributed by atoms with Gasteiger partial charge in [-0.25, -0.2) is 15.0 Å². The van der Waals surface area contributed by atoms with Crippen LogP contribution in [0.5, 0.6) is 0 Å². The van der Waals surface area contributed by atoms with Crippen molar-refractivity contribution < 1.29 is 4.42 Å². The molecule has 5 aromatic carbocycles. The minimum atomic E-state index is 0.522. The van der Waals surface area contributed by atoms with Crippen molar-refractivity contribution in [2.75, 3.05) is 0 Å². The molecule has 0 atom stereocenters. The lowest BCUT2D eigenvalue weighted by molar-refractivity contribution is 0.671. The Labute approximate surface area is 251 Å². The fraction of sp³-hybridized carbons (Fsp3) is 0. The zero-order chi connectivity index (χ0) is 29.0. The molecular weight excluding hydrogens is 542 g/mol. The molecule has 0 amide bonds. The van der Waals surface area contributed by atoms with Crippen LogP contribution in [0, 0.1) is 0 Å². The first-order valence-corrected chi connectivity index (χ1v) is 14.5. The molecule has 0 bridgehead atoms. The molecule has 0 radical (unpaired) electrons. The summed E-state index contributed by atoms with van der Waals surface area (Å²) in [6.45, 7) is 0. The predicted octanol–water partition coefficient (Wildman–Crippen LogP) is 9.26. The van der Waals surface area contributed by atoms with Gasteiger partial charge in [-0.2, -0.15) is 0 Å². The summed E-state index contributed by atoms with van der Waals surface area (Å²) < 4.78 is 9.04. The van der Waals surface area contributed by atoms with Gasteiger partial charge in [-0.15, -0.1) is 0 Å². The number of hydrogen-bond donors (Lipinski definition) is 0. The predicted molar refractivity (Wildman–Crippen MR) is 176 cm³/mol. The van der Waals surface area contributed by atoms with Gasteiger partial charge in [0.2, 0.25) is 0 Å². The van der Waals surface area contributed by atoms with E-state index in [0.717, 1.165) is 55.2 Å². The summed E-state index contributed by atoms with van der Waals surface area (Å²) in [7, 11) is 0. The Morgan fingerprint density at radius 3 is 2.00 bits per heavy atom. The van der Waals surface area contributed by atoms with Gasteiger partial charge in [0.1, 0.15) is 11.3 Å². The summed E-state index contributed by atoms with van der Waals surface area (Å²) in [6.07, 6.45) is 1.75. The maximum atomic E-state index is 6.74. The van der Waals surface area contributed by atoms with E-state index in [9.17, 15) is 0 Å². The lowest BCUT2D eigenvalue weighted by Gasteiger charge is -2.07. The highest BCUT2D eigenvalue weighted by Crippen LogP contribution is 2.41. The third kappa shape index (κ3) is 3.82. The normalized spacial score (nSPS) is 11.6. The van der Waals surface area contributed by atoms with E-state index in [1.165, 1.54) is 5.39 Å². The van der Waals surface area contributed by atoms with Gasteiger partial charge in [0.05, 0.1) is 11.0 Å². The number of hydrogen-bond acceptors (Lipinski definition) is 5. The van der Waals surface area contributed by atoms with Gasteiger partial charge in [-0.1, -0.05) is 84.9 Å². The third-order valence-corrected chi connectivity index (χ3v) is 8.11. The molecule has 206 valence electrons. The van der Waals surface area contributed by atoms with Gasteiger partial charge in [0.15, 0.2) is 23.1 Å². The monoisotopic (exact) mass is 565 g/mol. The molecule has 6 nitrogen and oxygen atoms in total. The van der Waals surface area contributed by atoms with E-state index in [2.05, 4.69) is 82.3 Å². The lowest BCUT2D eigenvalue weighted by Crippen LogP contribution is -2.00. The average Bonchev–Trinajstić information content (AvgIpc) is 3.65. The maximum absolute atomic E-state index is 6.74. The molecule has 0 aliphatic carbocycles. The molecule has 0 aliphatic rings. The lowest BCUT2D eigenvalue weighted by atomic mass is 10.1. The number of furan rings is 1. The highest BCUT2D eigenvalue weighted by Gasteiger charge is 2.20. The summed E-state index contributed by atoms with van der Waals surface area (Å²) in [4.78, 5) is 19.0. The molecule has 44 heavy (non-hydrogen) atoms. The Morgan fingerprint density at radius 1 is 0.500 bits per heavy atom. The molecule has 6 heteroatoms. The zero-order valence-electron chi connectivity index (χ0n) is 23.4. The van der Waals surface area contributed by atoms with Crippen molar-refractivity contribution in [1.29, 1.82) is 0 Å². The van der Waals surface area contributed by atoms with E-state index in [4.69, 9.17) is 19.4 Å². The highest BCUT2D eigenvalue weighted by molar-refractivity contribution is 6.21. The van der Waals surface area contributed by atoms with Crippen LogP contribution in [-0.4, -0.2) is 24.5 Å². The van der Waals surface area contributed by atoms with Crippen molar-refractivity contribution in [3.8, 4) is 40.0 Å². The van der Waals surface area contributed by atoms with Crippen molar-refractivity contribution in [3.05, 3.63) is 140 Å². The van der Waals surface area contributed by atoms with Crippen LogP contribution >= 0.6 is 0 Å². The molecule has 4 heterocycles. The number of benzene rings is 5.